The van der Waals surface area contributed by atoms with Crippen molar-refractivity contribution >= 4 is 34.3 Å². The summed E-state index contributed by atoms with van der Waals surface area (Å²) < 4.78 is 13.3. The van der Waals surface area contributed by atoms with Gasteiger partial charge in [-0.05, 0) is 60.0 Å². The minimum atomic E-state index is -0.345. The van der Waals surface area contributed by atoms with Crippen molar-refractivity contribution in [1.29, 1.82) is 0 Å². The lowest BCUT2D eigenvalue weighted by molar-refractivity contribution is 0.0498. The number of carbonyl (C=O) groups is 2. The third kappa shape index (κ3) is 3.69. The number of piperidine rings is 1. The molecule has 31 heavy (non-hydrogen) atoms. The van der Waals surface area contributed by atoms with Crippen LogP contribution >= 0.6 is 11.8 Å². The Balaban J connectivity index is 1.30. The number of nitrogens with zero attached hydrogens (tertiary/aromatic N) is 2. The molecule has 1 spiro atoms. The Labute approximate surface area is 185 Å². The van der Waals surface area contributed by atoms with Gasteiger partial charge >= 0.3 is 0 Å². The molecule has 3 aromatic rings. The molecule has 0 aliphatic carbocycles. The predicted octanol–water partition coefficient (Wildman–Crippen LogP) is 4.80. The molecule has 2 aliphatic rings. The van der Waals surface area contributed by atoms with E-state index in [1.54, 1.807) is 23.9 Å². The van der Waals surface area contributed by atoms with Gasteiger partial charge in [-0.1, -0.05) is 30.3 Å². The molecule has 6 heteroatoms. The highest BCUT2D eigenvalue weighted by atomic mass is 32.2. The van der Waals surface area contributed by atoms with Crippen LogP contribution in [0.2, 0.25) is 0 Å². The van der Waals surface area contributed by atoms with Crippen molar-refractivity contribution in [3.8, 4) is 0 Å². The quantitative estimate of drug-likeness (QED) is 0.582. The molecule has 0 bridgehead atoms. The van der Waals surface area contributed by atoms with Crippen LogP contribution < -0.4 is 0 Å². The molecular formula is C25H23FN2O2S. The van der Waals surface area contributed by atoms with Crippen molar-refractivity contribution in [3.63, 3.8) is 0 Å². The van der Waals surface area contributed by atoms with Crippen LogP contribution in [0.1, 0.15) is 33.6 Å². The first-order chi connectivity index (χ1) is 15.1. The molecule has 5 rings (SSSR count). The smallest absolute Gasteiger partial charge is 0.254 e. The third-order valence-electron chi connectivity index (χ3n) is 6.34. The van der Waals surface area contributed by atoms with Crippen LogP contribution in [0.3, 0.4) is 0 Å². The minimum absolute atomic E-state index is 0.0417. The maximum absolute atomic E-state index is 13.3. The largest absolute Gasteiger partial charge is 0.338 e. The van der Waals surface area contributed by atoms with Gasteiger partial charge in [0.1, 0.15) is 5.82 Å². The zero-order valence-corrected chi connectivity index (χ0v) is 17.9. The van der Waals surface area contributed by atoms with E-state index in [0.717, 1.165) is 29.4 Å². The number of carbonyl (C=O) groups excluding carboxylic acids is 2. The summed E-state index contributed by atoms with van der Waals surface area (Å²) in [6, 6.07) is 19.6. The number of benzene rings is 3. The van der Waals surface area contributed by atoms with Crippen LogP contribution in [-0.4, -0.2) is 51.9 Å². The zero-order valence-electron chi connectivity index (χ0n) is 17.1. The molecule has 158 valence electrons. The molecule has 2 fully saturated rings. The minimum Gasteiger partial charge on any atom is -0.338 e. The van der Waals surface area contributed by atoms with E-state index in [0.29, 0.717) is 30.8 Å². The number of halogens is 1. The average molecular weight is 435 g/mol. The number of hydrogen-bond donors (Lipinski definition) is 0. The maximum atomic E-state index is 13.3. The van der Waals surface area contributed by atoms with E-state index in [1.165, 1.54) is 12.1 Å². The molecule has 2 saturated heterocycles. The van der Waals surface area contributed by atoms with Gasteiger partial charge in [-0.3, -0.25) is 9.59 Å². The van der Waals surface area contributed by atoms with Crippen LogP contribution in [0.15, 0.2) is 66.7 Å². The van der Waals surface area contributed by atoms with E-state index in [-0.39, 0.29) is 22.5 Å². The summed E-state index contributed by atoms with van der Waals surface area (Å²) in [5.74, 6) is 0.521. The first-order valence-corrected chi connectivity index (χ1v) is 11.5. The molecule has 0 unspecified atom stereocenters. The lowest BCUT2D eigenvalue weighted by atomic mass is 9.99. The Morgan fingerprint density at radius 2 is 1.48 bits per heavy atom. The molecule has 0 saturated carbocycles. The van der Waals surface area contributed by atoms with Gasteiger partial charge in [0.2, 0.25) is 0 Å². The lowest BCUT2D eigenvalue weighted by Gasteiger charge is -2.44. The summed E-state index contributed by atoms with van der Waals surface area (Å²) >= 11 is 1.80. The van der Waals surface area contributed by atoms with Crippen molar-refractivity contribution in [3.05, 3.63) is 83.7 Å². The van der Waals surface area contributed by atoms with Crippen molar-refractivity contribution in [2.75, 3.05) is 25.4 Å². The summed E-state index contributed by atoms with van der Waals surface area (Å²) in [5, 5.41) is 2.18. The molecule has 4 nitrogen and oxygen atoms in total. The van der Waals surface area contributed by atoms with Gasteiger partial charge in [-0.2, -0.15) is 0 Å². The highest BCUT2D eigenvalue weighted by Crippen LogP contribution is 2.44. The SMILES string of the molecule is O=C(c1ccc2ccccc2c1)N1CCC2(CC1)SCCN2C(=O)c1ccc(F)cc1. The maximum Gasteiger partial charge on any atom is 0.254 e. The highest BCUT2D eigenvalue weighted by molar-refractivity contribution is 8.00. The second-order valence-corrected chi connectivity index (χ2v) is 9.57. The zero-order chi connectivity index (χ0) is 21.4. The van der Waals surface area contributed by atoms with Gasteiger partial charge in [0, 0.05) is 36.5 Å². The van der Waals surface area contributed by atoms with Gasteiger partial charge in [0.15, 0.2) is 0 Å². The van der Waals surface area contributed by atoms with Crippen LogP contribution in [0, 0.1) is 5.82 Å². The van der Waals surface area contributed by atoms with Gasteiger partial charge < -0.3 is 9.80 Å². The van der Waals surface area contributed by atoms with Crippen LogP contribution in [0.25, 0.3) is 10.8 Å². The Morgan fingerprint density at radius 3 is 2.23 bits per heavy atom. The molecule has 2 amide bonds. The van der Waals surface area contributed by atoms with E-state index in [9.17, 15) is 14.0 Å². The van der Waals surface area contributed by atoms with Gasteiger partial charge in [-0.25, -0.2) is 4.39 Å². The summed E-state index contributed by atoms with van der Waals surface area (Å²) in [6.45, 7) is 1.91. The monoisotopic (exact) mass is 434 g/mol. The topological polar surface area (TPSA) is 40.6 Å². The Bertz CT molecular complexity index is 1140. The van der Waals surface area contributed by atoms with Crippen molar-refractivity contribution in [2.45, 2.75) is 17.7 Å². The van der Waals surface area contributed by atoms with Crippen molar-refractivity contribution in [1.82, 2.24) is 9.80 Å². The van der Waals surface area contributed by atoms with Crippen LogP contribution in [-0.2, 0) is 0 Å². The summed E-state index contributed by atoms with van der Waals surface area (Å²) in [7, 11) is 0. The Hall–Kier alpha value is -2.86. The molecule has 2 heterocycles. The third-order valence-corrected chi connectivity index (χ3v) is 7.89. The molecule has 0 atom stereocenters. The fourth-order valence-electron chi connectivity index (χ4n) is 4.62. The fourth-order valence-corrected chi connectivity index (χ4v) is 6.08. The number of hydrogen-bond acceptors (Lipinski definition) is 3. The summed E-state index contributed by atoms with van der Waals surface area (Å²) in [5.41, 5.74) is 1.21. The average Bonchev–Trinajstić information content (AvgIpc) is 3.21. The second-order valence-electron chi connectivity index (χ2n) is 8.11. The molecule has 2 aliphatic heterocycles. The van der Waals surface area contributed by atoms with Gasteiger partial charge in [0.25, 0.3) is 11.8 Å². The van der Waals surface area contributed by atoms with Crippen LogP contribution in [0.5, 0.6) is 0 Å². The first kappa shape index (κ1) is 20.1. The summed E-state index contributed by atoms with van der Waals surface area (Å²) in [4.78, 5) is 29.8. The highest BCUT2D eigenvalue weighted by Gasteiger charge is 2.47. The van der Waals surface area contributed by atoms with E-state index >= 15 is 0 Å². The fraction of sp³-hybridized carbons (Fsp3) is 0.280. The Kier molecular flexibility index (Phi) is 5.18. The number of amides is 2. The van der Waals surface area contributed by atoms with Crippen molar-refractivity contribution < 1.29 is 14.0 Å². The summed E-state index contributed by atoms with van der Waals surface area (Å²) in [6.07, 6.45) is 1.48. The first-order valence-electron chi connectivity index (χ1n) is 10.6. The molecular weight excluding hydrogens is 411 g/mol. The standard InChI is InChI=1S/C25H23FN2O2S/c26-22-9-7-19(8-10-22)24(30)28-15-16-31-25(28)11-13-27(14-12-25)23(29)21-6-5-18-3-1-2-4-20(18)17-21/h1-10,17H,11-16H2. The number of fused-ring (bicyclic) bond motifs is 1. The molecule has 0 radical (unpaired) electrons. The second kappa shape index (κ2) is 8.00. The van der Waals surface area contributed by atoms with Crippen molar-refractivity contribution in [2.24, 2.45) is 0 Å². The van der Waals surface area contributed by atoms with E-state index in [1.807, 2.05) is 52.3 Å². The molecule has 3 aromatic carbocycles. The van der Waals surface area contributed by atoms with Crippen LogP contribution in [0.4, 0.5) is 4.39 Å². The number of thioether (sulfide) groups is 1. The van der Waals surface area contributed by atoms with E-state index in [2.05, 4.69) is 0 Å². The van der Waals surface area contributed by atoms with Gasteiger partial charge in [-0.15, -0.1) is 11.8 Å². The van der Waals surface area contributed by atoms with E-state index < -0.39 is 0 Å². The van der Waals surface area contributed by atoms with E-state index in [4.69, 9.17) is 0 Å². The number of rotatable bonds is 2. The lowest BCUT2D eigenvalue weighted by Crippen LogP contribution is -2.53. The normalized spacial score (nSPS) is 18.0. The number of likely N-dealkylation sites (tertiary alicyclic amines) is 1. The molecule has 0 N–H and O–H groups in total. The van der Waals surface area contributed by atoms with Gasteiger partial charge in [0.05, 0.1) is 4.87 Å². The Morgan fingerprint density at radius 1 is 0.806 bits per heavy atom. The molecule has 0 aromatic heterocycles. The predicted molar refractivity (Wildman–Crippen MR) is 122 cm³/mol.